The lowest BCUT2D eigenvalue weighted by molar-refractivity contribution is 0.146. The number of hydrogen-bond acceptors (Lipinski definition) is 2. The summed E-state index contributed by atoms with van der Waals surface area (Å²) in [6, 6.07) is 6.35. The van der Waals surface area contributed by atoms with Crippen LogP contribution in [0.4, 0.5) is 0 Å². The van der Waals surface area contributed by atoms with E-state index >= 15 is 0 Å². The number of unbranched alkanes of at least 4 members (excludes halogenated alkanes) is 1. The van der Waals surface area contributed by atoms with E-state index in [4.69, 9.17) is 9.47 Å². The molecular weight excluding hydrogens is 396 g/mol. The second-order valence-electron chi connectivity index (χ2n) is 5.24. The summed E-state index contributed by atoms with van der Waals surface area (Å²) in [5.74, 6) is 1.55. The molecule has 1 aromatic carbocycles. The van der Waals surface area contributed by atoms with Gasteiger partial charge in [0, 0.05) is 11.9 Å². The van der Waals surface area contributed by atoms with Crippen LogP contribution in [0.2, 0.25) is 0 Å². The maximum Gasteiger partial charge on any atom is 0.133 e. The van der Waals surface area contributed by atoms with Crippen molar-refractivity contribution in [3.63, 3.8) is 0 Å². The highest BCUT2D eigenvalue weighted by Crippen LogP contribution is 2.39. The second-order valence-corrected chi connectivity index (χ2v) is 7.08. The monoisotopic (exact) mass is 420 g/mol. The van der Waals surface area contributed by atoms with Crippen LogP contribution in [0.5, 0.6) is 5.75 Å². The molecule has 1 rings (SSSR count). The third-order valence-electron chi connectivity index (χ3n) is 3.69. The Morgan fingerprint density at radius 2 is 1.95 bits per heavy atom. The zero-order valence-corrected chi connectivity index (χ0v) is 16.4. The standard InChI is InChI=1S/C17H26Br2O2/c1-4-6-7-13(5-2)17(19)14-8-9-16(15(18)12-14)21-11-10-20-3/h8-9,12-13,17H,4-7,10-11H2,1-3H3. The minimum Gasteiger partial charge on any atom is -0.490 e. The van der Waals surface area contributed by atoms with E-state index in [9.17, 15) is 0 Å². The first-order chi connectivity index (χ1) is 10.1. The summed E-state index contributed by atoms with van der Waals surface area (Å²) >= 11 is 7.49. The molecule has 0 aliphatic heterocycles. The highest BCUT2D eigenvalue weighted by atomic mass is 79.9. The van der Waals surface area contributed by atoms with Crippen LogP contribution in [0.25, 0.3) is 0 Å². The molecule has 0 aromatic heterocycles. The summed E-state index contributed by atoms with van der Waals surface area (Å²) in [5.41, 5.74) is 1.31. The summed E-state index contributed by atoms with van der Waals surface area (Å²) in [4.78, 5) is 0.401. The predicted molar refractivity (Wildman–Crippen MR) is 96.5 cm³/mol. The van der Waals surface area contributed by atoms with E-state index in [0.717, 1.165) is 10.2 Å². The number of alkyl halides is 1. The molecule has 0 saturated carbocycles. The van der Waals surface area contributed by atoms with Gasteiger partial charge < -0.3 is 9.47 Å². The molecular formula is C17H26Br2O2. The highest BCUT2D eigenvalue weighted by Gasteiger charge is 2.19. The zero-order chi connectivity index (χ0) is 15.7. The number of rotatable bonds is 10. The van der Waals surface area contributed by atoms with Gasteiger partial charge in [-0.2, -0.15) is 0 Å². The van der Waals surface area contributed by atoms with Crippen molar-refractivity contribution < 1.29 is 9.47 Å². The molecule has 0 N–H and O–H groups in total. The minimum absolute atomic E-state index is 0.401. The molecule has 0 radical (unpaired) electrons. The SMILES string of the molecule is CCCCC(CC)C(Br)c1ccc(OCCOC)c(Br)c1. The Kier molecular flexibility index (Phi) is 9.61. The number of halogens is 2. The number of methoxy groups -OCH3 is 1. The maximum absolute atomic E-state index is 5.68. The van der Waals surface area contributed by atoms with Crippen molar-refractivity contribution in [2.45, 2.75) is 44.4 Å². The minimum atomic E-state index is 0.401. The third kappa shape index (κ3) is 6.29. The average Bonchev–Trinajstić information content (AvgIpc) is 2.49. The summed E-state index contributed by atoms with van der Waals surface area (Å²) in [6.07, 6.45) is 5.01. The van der Waals surface area contributed by atoms with E-state index in [1.807, 2.05) is 6.07 Å². The Balaban J connectivity index is 2.72. The van der Waals surface area contributed by atoms with Crippen molar-refractivity contribution >= 4 is 31.9 Å². The van der Waals surface area contributed by atoms with Crippen LogP contribution in [0, 0.1) is 5.92 Å². The summed E-state index contributed by atoms with van der Waals surface area (Å²) in [5, 5.41) is 0. The zero-order valence-electron chi connectivity index (χ0n) is 13.2. The lowest BCUT2D eigenvalue weighted by Gasteiger charge is -2.22. The Labute approximate surface area is 145 Å². The van der Waals surface area contributed by atoms with Gasteiger partial charge in [-0.1, -0.05) is 55.1 Å². The number of hydrogen-bond donors (Lipinski definition) is 0. The highest BCUT2D eigenvalue weighted by molar-refractivity contribution is 9.10. The fourth-order valence-electron chi connectivity index (χ4n) is 2.34. The van der Waals surface area contributed by atoms with Gasteiger partial charge in [0.05, 0.1) is 11.1 Å². The summed E-state index contributed by atoms with van der Waals surface area (Å²) in [7, 11) is 1.68. The Morgan fingerprint density at radius 3 is 2.52 bits per heavy atom. The second kappa shape index (κ2) is 10.6. The van der Waals surface area contributed by atoms with Crippen LogP contribution >= 0.6 is 31.9 Å². The molecule has 0 fully saturated rings. The van der Waals surface area contributed by atoms with E-state index in [1.165, 1.54) is 31.2 Å². The average molecular weight is 422 g/mol. The largest absolute Gasteiger partial charge is 0.490 e. The molecule has 4 heteroatoms. The van der Waals surface area contributed by atoms with Gasteiger partial charge in [-0.15, -0.1) is 0 Å². The van der Waals surface area contributed by atoms with Gasteiger partial charge in [-0.25, -0.2) is 0 Å². The van der Waals surface area contributed by atoms with Crippen molar-refractivity contribution in [1.82, 2.24) is 0 Å². The molecule has 21 heavy (non-hydrogen) atoms. The van der Waals surface area contributed by atoms with Gasteiger partial charge in [-0.3, -0.25) is 0 Å². The van der Waals surface area contributed by atoms with Crippen molar-refractivity contribution in [1.29, 1.82) is 0 Å². The van der Waals surface area contributed by atoms with Crippen molar-refractivity contribution in [2.24, 2.45) is 5.92 Å². The quantitative estimate of drug-likeness (QED) is 0.334. The lowest BCUT2D eigenvalue weighted by atomic mass is 9.92. The van der Waals surface area contributed by atoms with E-state index in [-0.39, 0.29) is 0 Å². The smallest absolute Gasteiger partial charge is 0.133 e. The molecule has 0 aliphatic rings. The molecule has 0 amide bonds. The first-order valence-corrected chi connectivity index (χ1v) is 9.40. The number of ether oxygens (including phenoxy) is 2. The van der Waals surface area contributed by atoms with Crippen LogP contribution < -0.4 is 4.74 Å². The van der Waals surface area contributed by atoms with Crippen molar-refractivity contribution in [2.75, 3.05) is 20.3 Å². The molecule has 0 saturated heterocycles. The lowest BCUT2D eigenvalue weighted by Crippen LogP contribution is -2.08. The van der Waals surface area contributed by atoms with Crippen LogP contribution in [0.3, 0.4) is 0 Å². The van der Waals surface area contributed by atoms with Crippen LogP contribution in [0.1, 0.15) is 49.9 Å². The Hall–Kier alpha value is -0.0600. The topological polar surface area (TPSA) is 18.5 Å². The van der Waals surface area contributed by atoms with Gasteiger partial charge in [0.1, 0.15) is 12.4 Å². The Bertz CT molecular complexity index is 410. The fourth-order valence-corrected chi connectivity index (χ4v) is 3.77. The number of benzene rings is 1. The van der Waals surface area contributed by atoms with Crippen molar-refractivity contribution in [3.05, 3.63) is 28.2 Å². The Morgan fingerprint density at radius 1 is 1.19 bits per heavy atom. The molecule has 120 valence electrons. The van der Waals surface area contributed by atoms with Gasteiger partial charge in [0.15, 0.2) is 0 Å². The molecule has 2 unspecified atom stereocenters. The molecule has 0 heterocycles. The summed E-state index contributed by atoms with van der Waals surface area (Å²) in [6.45, 7) is 5.69. The first-order valence-electron chi connectivity index (χ1n) is 7.69. The molecule has 2 nitrogen and oxygen atoms in total. The van der Waals surface area contributed by atoms with E-state index in [0.29, 0.717) is 24.0 Å². The van der Waals surface area contributed by atoms with Crippen molar-refractivity contribution in [3.8, 4) is 5.75 Å². The first kappa shape index (κ1) is 19.0. The molecule has 0 spiro atoms. The molecule has 2 atom stereocenters. The molecule has 0 aliphatic carbocycles. The predicted octanol–water partition coefficient (Wildman–Crippen LogP) is 6.13. The van der Waals surface area contributed by atoms with E-state index in [1.54, 1.807) is 7.11 Å². The fraction of sp³-hybridized carbons (Fsp3) is 0.647. The van der Waals surface area contributed by atoms with Crippen LogP contribution in [0.15, 0.2) is 22.7 Å². The molecule has 1 aromatic rings. The maximum atomic E-state index is 5.68. The molecule has 0 bridgehead atoms. The van der Waals surface area contributed by atoms with Gasteiger partial charge in [0.25, 0.3) is 0 Å². The third-order valence-corrected chi connectivity index (χ3v) is 5.58. The van der Waals surface area contributed by atoms with Gasteiger partial charge in [0.2, 0.25) is 0 Å². The van der Waals surface area contributed by atoms with E-state index < -0.39 is 0 Å². The van der Waals surface area contributed by atoms with Gasteiger partial charge >= 0.3 is 0 Å². The van der Waals surface area contributed by atoms with Crippen LogP contribution in [-0.2, 0) is 4.74 Å². The van der Waals surface area contributed by atoms with Crippen LogP contribution in [-0.4, -0.2) is 20.3 Å². The summed E-state index contributed by atoms with van der Waals surface area (Å²) < 4.78 is 11.7. The van der Waals surface area contributed by atoms with E-state index in [2.05, 4.69) is 57.8 Å². The normalized spacial score (nSPS) is 14.0. The van der Waals surface area contributed by atoms with Gasteiger partial charge in [-0.05, 0) is 46.0 Å².